The highest BCUT2D eigenvalue weighted by Gasteiger charge is 2.38. The molecule has 0 aromatic rings. The molecule has 0 fully saturated rings. The van der Waals surface area contributed by atoms with Gasteiger partial charge in [-0.2, -0.15) is 0 Å². The second kappa shape index (κ2) is 8.24. The maximum atomic E-state index is 12.8. The van der Waals surface area contributed by atoms with Crippen molar-refractivity contribution < 1.29 is 28.0 Å². The smallest absolute Gasteiger partial charge is 0.324 e. The first kappa shape index (κ1) is 21.3. The summed E-state index contributed by atoms with van der Waals surface area (Å²) >= 11 is 0. The van der Waals surface area contributed by atoms with Gasteiger partial charge in [-0.3, -0.25) is 9.13 Å². The molecule has 2 N–H and O–H groups in total. The molecule has 0 saturated heterocycles. The number of hydrogen-bond acceptors (Lipinski definition) is 4. The molecule has 0 spiro atoms. The van der Waals surface area contributed by atoms with Crippen molar-refractivity contribution in [2.75, 3.05) is 25.5 Å². The second-order valence-electron chi connectivity index (χ2n) is 7.14. The molecule has 0 aromatic heterocycles. The van der Waals surface area contributed by atoms with Crippen LogP contribution in [0.3, 0.4) is 0 Å². The van der Waals surface area contributed by atoms with Crippen LogP contribution >= 0.6 is 15.2 Å². The van der Waals surface area contributed by atoms with Crippen LogP contribution in [0.5, 0.6) is 0 Å². The Labute approximate surface area is 128 Å². The van der Waals surface area contributed by atoms with E-state index >= 15 is 0 Å². The summed E-state index contributed by atoms with van der Waals surface area (Å²) in [5.41, 5.74) is -0.831. The Hall–Kier alpha value is 0.300. The molecule has 0 atom stereocenters. The molecule has 21 heavy (non-hydrogen) atoms. The average Bonchev–Trinajstić information content (AvgIpc) is 2.19. The largest absolute Gasteiger partial charge is 0.331 e. The van der Waals surface area contributed by atoms with E-state index in [1.165, 1.54) is 0 Å². The lowest BCUT2D eigenvalue weighted by Gasteiger charge is -2.30. The molecule has 0 saturated carbocycles. The Kier molecular flexibility index (Phi) is 8.35. The molecule has 0 aliphatic heterocycles. The Balaban J connectivity index is 4.94. The zero-order chi connectivity index (χ0) is 16.9. The van der Waals surface area contributed by atoms with E-state index in [1.54, 1.807) is 13.8 Å². The normalized spacial score (nSPS) is 14.2. The van der Waals surface area contributed by atoms with Gasteiger partial charge >= 0.3 is 15.2 Å². The molecule has 0 heterocycles. The van der Waals surface area contributed by atoms with Gasteiger partial charge < -0.3 is 18.8 Å². The fraction of sp³-hybridized carbons (Fsp3) is 1.00. The molecular weight excluding hydrogens is 314 g/mol. The van der Waals surface area contributed by atoms with Gasteiger partial charge in [-0.1, -0.05) is 41.5 Å². The minimum Gasteiger partial charge on any atom is -0.324 e. The molecule has 8 heteroatoms. The van der Waals surface area contributed by atoms with Gasteiger partial charge in [0.25, 0.3) is 0 Å². The van der Waals surface area contributed by atoms with Crippen LogP contribution in [0.1, 0.15) is 41.5 Å². The van der Waals surface area contributed by atoms with Gasteiger partial charge in [-0.15, -0.1) is 0 Å². The van der Waals surface area contributed by atoms with E-state index in [0.29, 0.717) is 13.2 Å². The maximum absolute atomic E-state index is 12.8. The predicted molar refractivity (Wildman–Crippen MR) is 84.7 cm³/mol. The van der Waals surface area contributed by atoms with Gasteiger partial charge in [-0.05, 0) is 17.3 Å². The molecule has 6 nitrogen and oxygen atoms in total. The minimum absolute atomic E-state index is 0.00938. The quantitative estimate of drug-likeness (QED) is 0.587. The van der Waals surface area contributed by atoms with Crippen molar-refractivity contribution >= 4 is 15.2 Å². The van der Waals surface area contributed by atoms with Crippen LogP contribution in [0.15, 0.2) is 0 Å². The highest BCUT2D eigenvalue weighted by molar-refractivity contribution is 7.54. The van der Waals surface area contributed by atoms with Crippen molar-refractivity contribution in [1.82, 2.24) is 0 Å². The first-order valence-electron chi connectivity index (χ1n) is 7.17. The average molecular weight is 344 g/mol. The molecule has 0 aliphatic rings. The van der Waals surface area contributed by atoms with Crippen molar-refractivity contribution in [3.8, 4) is 0 Å². The van der Waals surface area contributed by atoms with Crippen molar-refractivity contribution in [3.63, 3.8) is 0 Å². The summed E-state index contributed by atoms with van der Waals surface area (Å²) in [6.45, 7) is 11.7. The van der Waals surface area contributed by atoms with Crippen molar-refractivity contribution in [1.29, 1.82) is 0 Å². The first-order chi connectivity index (χ1) is 9.25. The summed E-state index contributed by atoms with van der Waals surface area (Å²) in [6, 6.07) is 0. The van der Waals surface area contributed by atoms with Crippen molar-refractivity contribution in [2.45, 2.75) is 41.5 Å². The van der Waals surface area contributed by atoms with Gasteiger partial charge in [0.05, 0.1) is 25.5 Å². The van der Waals surface area contributed by atoms with E-state index < -0.39 is 20.6 Å². The fourth-order valence-corrected chi connectivity index (χ4v) is 5.66. The third-order valence-electron chi connectivity index (χ3n) is 2.46. The van der Waals surface area contributed by atoms with Gasteiger partial charge in [0.2, 0.25) is 0 Å². The maximum Gasteiger partial charge on any atom is 0.331 e. The van der Waals surface area contributed by atoms with Crippen LogP contribution in [0, 0.1) is 17.3 Å². The lowest BCUT2D eigenvalue weighted by Crippen LogP contribution is -2.24. The standard InChI is InChI=1S/C13H30O6P2/c1-11(2)7-18-21(17,19-8-12(3)4)10-13(5,6)9-20(14,15)16/h11-12H,7-10H2,1-6H3,(H2,14,15,16). The van der Waals surface area contributed by atoms with Gasteiger partial charge in [0, 0.05) is 0 Å². The zero-order valence-corrected chi connectivity index (χ0v) is 15.7. The summed E-state index contributed by atoms with van der Waals surface area (Å²) in [5.74, 6) is 0.400. The Bertz CT molecular complexity index is 383. The van der Waals surface area contributed by atoms with Gasteiger partial charge in [0.15, 0.2) is 0 Å². The number of rotatable bonds is 10. The lowest BCUT2D eigenvalue weighted by molar-refractivity contribution is 0.166. The van der Waals surface area contributed by atoms with Crippen LogP contribution in [-0.4, -0.2) is 35.3 Å². The highest BCUT2D eigenvalue weighted by Crippen LogP contribution is 2.55. The summed E-state index contributed by atoms with van der Waals surface area (Å²) in [4.78, 5) is 18.3. The van der Waals surface area contributed by atoms with E-state index in [1.807, 2.05) is 27.7 Å². The van der Waals surface area contributed by atoms with E-state index in [4.69, 9.17) is 18.8 Å². The van der Waals surface area contributed by atoms with Crippen LogP contribution in [-0.2, 0) is 18.2 Å². The third-order valence-corrected chi connectivity index (χ3v) is 6.06. The topological polar surface area (TPSA) is 93.1 Å². The van der Waals surface area contributed by atoms with E-state index in [0.717, 1.165) is 0 Å². The zero-order valence-electron chi connectivity index (χ0n) is 13.9. The molecule has 0 aromatic carbocycles. The monoisotopic (exact) mass is 344 g/mol. The Morgan fingerprint density at radius 1 is 0.905 bits per heavy atom. The SMILES string of the molecule is CC(C)COP(=O)(CC(C)(C)CP(=O)(O)O)OCC(C)C. The minimum atomic E-state index is -4.18. The summed E-state index contributed by atoms with van der Waals surface area (Å²) in [6.07, 6.45) is -0.357. The van der Waals surface area contributed by atoms with Crippen molar-refractivity contribution in [3.05, 3.63) is 0 Å². The molecule has 0 aliphatic carbocycles. The first-order valence-corrected chi connectivity index (χ1v) is 10.7. The molecular formula is C13H30O6P2. The van der Waals surface area contributed by atoms with E-state index in [-0.39, 0.29) is 24.2 Å². The number of hydrogen-bond donors (Lipinski definition) is 2. The fourth-order valence-electron chi connectivity index (χ4n) is 1.79. The van der Waals surface area contributed by atoms with Crippen LogP contribution in [0.2, 0.25) is 0 Å². The lowest BCUT2D eigenvalue weighted by atomic mass is 10.0. The van der Waals surface area contributed by atoms with Crippen LogP contribution in [0.4, 0.5) is 0 Å². The summed E-state index contributed by atoms with van der Waals surface area (Å²) in [5, 5.41) is 0. The Morgan fingerprint density at radius 2 is 1.29 bits per heavy atom. The van der Waals surface area contributed by atoms with Crippen LogP contribution in [0.25, 0.3) is 0 Å². The molecule has 0 amide bonds. The highest BCUT2D eigenvalue weighted by atomic mass is 31.2. The van der Waals surface area contributed by atoms with E-state index in [9.17, 15) is 9.13 Å². The molecule has 0 radical (unpaired) electrons. The van der Waals surface area contributed by atoms with Crippen LogP contribution < -0.4 is 0 Å². The summed E-state index contributed by atoms with van der Waals surface area (Å²) < 4.78 is 35.0. The molecule has 0 unspecified atom stereocenters. The Morgan fingerprint density at radius 3 is 1.57 bits per heavy atom. The third kappa shape index (κ3) is 11.5. The predicted octanol–water partition coefficient (Wildman–Crippen LogP) is 3.73. The summed E-state index contributed by atoms with van der Waals surface area (Å²) in [7, 11) is -7.56. The van der Waals surface area contributed by atoms with Gasteiger partial charge in [0.1, 0.15) is 0 Å². The van der Waals surface area contributed by atoms with Crippen molar-refractivity contribution in [2.24, 2.45) is 17.3 Å². The van der Waals surface area contributed by atoms with Gasteiger partial charge in [-0.25, -0.2) is 0 Å². The second-order valence-corrected chi connectivity index (χ2v) is 10.8. The van der Waals surface area contributed by atoms with E-state index in [2.05, 4.69) is 0 Å². The molecule has 128 valence electrons. The molecule has 0 rings (SSSR count). The molecule has 0 bridgehead atoms.